The van der Waals surface area contributed by atoms with Crippen molar-refractivity contribution in [1.82, 2.24) is 0 Å². The number of thioether (sulfide) groups is 1. The number of aliphatic hydroxyl groups is 1. The van der Waals surface area contributed by atoms with Crippen LogP contribution in [0, 0.1) is 0 Å². The summed E-state index contributed by atoms with van der Waals surface area (Å²) in [6.07, 6.45) is 0.823. The van der Waals surface area contributed by atoms with E-state index in [2.05, 4.69) is 0 Å². The first kappa shape index (κ1) is 7.61. The summed E-state index contributed by atoms with van der Waals surface area (Å²) in [6, 6.07) is 0. The Balaban J connectivity index is 2.18. The molecule has 2 aliphatic heterocycles. The molecule has 0 aromatic heterocycles. The van der Waals surface area contributed by atoms with E-state index in [4.69, 9.17) is 9.78 Å². The first-order valence-corrected chi connectivity index (χ1v) is 4.63. The number of hydrogen-bond acceptors (Lipinski definition) is 4. The lowest BCUT2D eigenvalue weighted by molar-refractivity contribution is -0.430. The minimum atomic E-state index is -1.13. The highest BCUT2D eigenvalue weighted by Gasteiger charge is 2.42. The van der Waals surface area contributed by atoms with Gasteiger partial charge in [-0.25, -0.2) is 4.89 Å². The van der Waals surface area contributed by atoms with Gasteiger partial charge in [0.25, 0.3) is 0 Å². The second-order valence-electron chi connectivity index (χ2n) is 2.93. The molecule has 0 amide bonds. The van der Waals surface area contributed by atoms with Crippen molar-refractivity contribution >= 4 is 11.8 Å². The third-order valence-corrected chi connectivity index (χ3v) is 2.87. The molecule has 2 unspecified atom stereocenters. The Kier molecular flexibility index (Phi) is 1.72. The molecule has 2 aliphatic rings. The molecule has 0 aromatic rings. The summed E-state index contributed by atoms with van der Waals surface area (Å²) in [5.41, 5.74) is 0.946. The molecule has 3 nitrogen and oxygen atoms in total. The van der Waals surface area contributed by atoms with Crippen LogP contribution in [-0.4, -0.2) is 22.8 Å². The van der Waals surface area contributed by atoms with Gasteiger partial charge in [0.15, 0.2) is 0 Å². The zero-order chi connectivity index (χ0) is 7.90. The third kappa shape index (κ3) is 1.20. The largest absolute Gasteiger partial charge is 0.359 e. The molecule has 0 bridgehead atoms. The fraction of sp³-hybridized carbons (Fsp3) is 0.714. The fourth-order valence-electron chi connectivity index (χ4n) is 1.23. The second kappa shape index (κ2) is 2.48. The molecule has 1 fully saturated rings. The van der Waals surface area contributed by atoms with Crippen molar-refractivity contribution in [3.8, 4) is 0 Å². The Morgan fingerprint density at radius 3 is 3.45 bits per heavy atom. The van der Waals surface area contributed by atoms with Crippen LogP contribution in [-0.2, 0) is 9.78 Å². The van der Waals surface area contributed by atoms with Gasteiger partial charge in [-0.3, -0.25) is 0 Å². The maximum atomic E-state index is 9.69. The standard InChI is InChI=1S/C7H10O3S/c1-5-2-6-3-11-4-7(6,8)10-9-5/h3,5,8H,2,4H2,1H3. The molecule has 0 aromatic carbocycles. The maximum Gasteiger partial charge on any atom is 0.231 e. The highest BCUT2D eigenvalue weighted by atomic mass is 32.2. The number of rotatable bonds is 0. The molecular formula is C7H10O3S. The van der Waals surface area contributed by atoms with Crippen LogP contribution in [0.25, 0.3) is 0 Å². The van der Waals surface area contributed by atoms with Crippen molar-refractivity contribution in [2.75, 3.05) is 5.75 Å². The van der Waals surface area contributed by atoms with E-state index in [0.717, 1.165) is 12.0 Å². The summed E-state index contributed by atoms with van der Waals surface area (Å²) in [5, 5.41) is 11.6. The highest BCUT2D eigenvalue weighted by Crippen LogP contribution is 2.39. The topological polar surface area (TPSA) is 38.7 Å². The van der Waals surface area contributed by atoms with Gasteiger partial charge in [-0.1, -0.05) is 0 Å². The Bertz CT molecular complexity index is 204. The molecule has 2 atom stereocenters. The molecule has 0 spiro atoms. The van der Waals surface area contributed by atoms with Crippen LogP contribution in [0.4, 0.5) is 0 Å². The van der Waals surface area contributed by atoms with Crippen LogP contribution in [0.5, 0.6) is 0 Å². The number of fused-ring (bicyclic) bond motifs is 1. The SMILES string of the molecule is CC1CC2=CSCC2(O)OO1. The van der Waals surface area contributed by atoms with Crippen LogP contribution in [0.3, 0.4) is 0 Å². The predicted molar refractivity (Wildman–Crippen MR) is 41.7 cm³/mol. The van der Waals surface area contributed by atoms with Gasteiger partial charge in [0.05, 0.1) is 11.9 Å². The Hall–Kier alpha value is -0.0300. The van der Waals surface area contributed by atoms with Crippen molar-refractivity contribution in [1.29, 1.82) is 0 Å². The van der Waals surface area contributed by atoms with Crippen LogP contribution in [0.2, 0.25) is 0 Å². The van der Waals surface area contributed by atoms with Crippen molar-refractivity contribution < 1.29 is 14.9 Å². The first-order valence-electron chi connectivity index (χ1n) is 3.59. The van der Waals surface area contributed by atoms with Crippen molar-refractivity contribution in [3.05, 3.63) is 11.0 Å². The molecule has 2 heterocycles. The normalized spacial score (nSPS) is 43.5. The Labute approximate surface area is 69.3 Å². The highest BCUT2D eigenvalue weighted by molar-refractivity contribution is 8.02. The molecule has 0 radical (unpaired) electrons. The van der Waals surface area contributed by atoms with Crippen LogP contribution >= 0.6 is 11.8 Å². The molecule has 2 rings (SSSR count). The van der Waals surface area contributed by atoms with Crippen molar-refractivity contribution in [2.45, 2.75) is 25.2 Å². The lowest BCUT2D eigenvalue weighted by atomic mass is 10.0. The van der Waals surface area contributed by atoms with E-state index in [-0.39, 0.29) is 6.10 Å². The van der Waals surface area contributed by atoms with Gasteiger partial charge in [0.2, 0.25) is 5.79 Å². The van der Waals surface area contributed by atoms with Crippen LogP contribution < -0.4 is 0 Å². The summed E-state index contributed by atoms with van der Waals surface area (Å²) < 4.78 is 0. The summed E-state index contributed by atoms with van der Waals surface area (Å²) >= 11 is 1.56. The van der Waals surface area contributed by atoms with Crippen LogP contribution in [0.1, 0.15) is 13.3 Å². The monoisotopic (exact) mass is 174 g/mol. The molecule has 0 aliphatic carbocycles. The third-order valence-electron chi connectivity index (χ3n) is 1.86. The summed E-state index contributed by atoms with van der Waals surface area (Å²) in [4.78, 5) is 9.76. The Morgan fingerprint density at radius 2 is 2.64 bits per heavy atom. The molecule has 1 saturated heterocycles. The zero-order valence-corrected chi connectivity index (χ0v) is 7.06. The van der Waals surface area contributed by atoms with E-state index in [0.29, 0.717) is 5.75 Å². The van der Waals surface area contributed by atoms with Gasteiger partial charge in [-0.15, -0.1) is 11.8 Å². The maximum absolute atomic E-state index is 9.69. The van der Waals surface area contributed by atoms with Gasteiger partial charge in [-0.05, 0) is 12.3 Å². The van der Waals surface area contributed by atoms with Crippen molar-refractivity contribution in [3.63, 3.8) is 0 Å². The lowest BCUT2D eigenvalue weighted by Crippen LogP contribution is -2.41. The van der Waals surface area contributed by atoms with Crippen LogP contribution in [0.15, 0.2) is 11.0 Å². The molecule has 11 heavy (non-hydrogen) atoms. The van der Waals surface area contributed by atoms with Crippen molar-refractivity contribution in [2.24, 2.45) is 0 Å². The van der Waals surface area contributed by atoms with Gasteiger partial charge in [0.1, 0.15) is 0 Å². The average molecular weight is 174 g/mol. The lowest BCUT2D eigenvalue weighted by Gasteiger charge is -2.31. The molecular weight excluding hydrogens is 164 g/mol. The first-order chi connectivity index (χ1) is 5.21. The van der Waals surface area contributed by atoms with Gasteiger partial charge < -0.3 is 5.11 Å². The Morgan fingerprint density at radius 1 is 1.82 bits per heavy atom. The average Bonchev–Trinajstić information content (AvgIpc) is 2.31. The van der Waals surface area contributed by atoms with E-state index in [1.54, 1.807) is 11.8 Å². The second-order valence-corrected chi connectivity index (χ2v) is 3.79. The van der Waals surface area contributed by atoms with E-state index >= 15 is 0 Å². The minimum absolute atomic E-state index is 0.0558. The van der Waals surface area contributed by atoms with E-state index in [1.807, 2.05) is 12.3 Å². The minimum Gasteiger partial charge on any atom is -0.359 e. The molecule has 62 valence electrons. The predicted octanol–water partition coefficient (Wildman–Crippen LogP) is 1.05. The van der Waals surface area contributed by atoms with Gasteiger partial charge >= 0.3 is 0 Å². The van der Waals surface area contributed by atoms with Gasteiger partial charge in [-0.2, -0.15) is 4.89 Å². The molecule has 4 heteroatoms. The van der Waals surface area contributed by atoms with Gasteiger partial charge in [0, 0.05) is 12.0 Å². The van der Waals surface area contributed by atoms with E-state index < -0.39 is 5.79 Å². The quantitative estimate of drug-likeness (QED) is 0.557. The molecule has 1 N–H and O–H groups in total. The summed E-state index contributed by atoms with van der Waals surface area (Å²) in [7, 11) is 0. The zero-order valence-electron chi connectivity index (χ0n) is 6.24. The van der Waals surface area contributed by atoms with E-state index in [9.17, 15) is 5.11 Å². The fourth-order valence-corrected chi connectivity index (χ4v) is 2.25. The number of hydrogen-bond donors (Lipinski definition) is 1. The van der Waals surface area contributed by atoms with E-state index in [1.165, 1.54) is 0 Å². The summed E-state index contributed by atoms with van der Waals surface area (Å²) in [5.74, 6) is -0.577. The molecule has 0 saturated carbocycles. The smallest absolute Gasteiger partial charge is 0.231 e. The summed E-state index contributed by atoms with van der Waals surface area (Å²) in [6.45, 7) is 1.92.